The van der Waals surface area contributed by atoms with Crippen molar-refractivity contribution in [3.05, 3.63) is 29.8 Å². The van der Waals surface area contributed by atoms with Crippen molar-refractivity contribution in [2.75, 3.05) is 13.1 Å². The van der Waals surface area contributed by atoms with E-state index in [1.807, 2.05) is 19.9 Å². The lowest BCUT2D eigenvalue weighted by atomic mass is 10.2. The van der Waals surface area contributed by atoms with Gasteiger partial charge in [-0.25, -0.2) is 13.1 Å². The summed E-state index contributed by atoms with van der Waals surface area (Å²) in [6, 6.07) is 8.10. The fourth-order valence-corrected chi connectivity index (χ4v) is 2.37. The van der Waals surface area contributed by atoms with E-state index in [-0.39, 0.29) is 4.90 Å². The van der Waals surface area contributed by atoms with Crippen LogP contribution in [0, 0.1) is 11.3 Å². The van der Waals surface area contributed by atoms with Gasteiger partial charge < -0.3 is 5.32 Å². The Hall–Kier alpha value is -1.42. The number of sulfonamides is 1. The molecule has 0 radical (unpaired) electrons. The van der Waals surface area contributed by atoms with Crippen molar-refractivity contribution >= 4 is 10.0 Å². The van der Waals surface area contributed by atoms with Crippen LogP contribution in [0.1, 0.15) is 19.4 Å². The van der Waals surface area contributed by atoms with E-state index in [0.717, 1.165) is 0 Å². The van der Waals surface area contributed by atoms with Gasteiger partial charge in [-0.2, -0.15) is 5.26 Å². The normalized spacial score (nSPS) is 11.4. The molecule has 0 bridgehead atoms. The summed E-state index contributed by atoms with van der Waals surface area (Å²) in [5, 5.41) is 11.8. The van der Waals surface area contributed by atoms with Crippen molar-refractivity contribution in [2.24, 2.45) is 0 Å². The smallest absolute Gasteiger partial charge is 0.240 e. The first-order chi connectivity index (χ1) is 8.45. The number of hydrogen-bond donors (Lipinski definition) is 2. The van der Waals surface area contributed by atoms with E-state index >= 15 is 0 Å². The van der Waals surface area contributed by atoms with Gasteiger partial charge in [-0.05, 0) is 24.3 Å². The van der Waals surface area contributed by atoms with E-state index in [0.29, 0.717) is 24.7 Å². The molecule has 18 heavy (non-hydrogen) atoms. The third kappa shape index (κ3) is 4.45. The molecular formula is C12H17N3O2S. The van der Waals surface area contributed by atoms with E-state index in [9.17, 15) is 8.42 Å². The lowest BCUT2D eigenvalue weighted by Crippen LogP contribution is -2.34. The Morgan fingerprint density at radius 3 is 2.33 bits per heavy atom. The zero-order chi connectivity index (χ0) is 13.6. The maximum atomic E-state index is 11.9. The molecule has 5 nitrogen and oxygen atoms in total. The van der Waals surface area contributed by atoms with E-state index in [1.165, 1.54) is 24.3 Å². The summed E-state index contributed by atoms with van der Waals surface area (Å²) in [5.74, 6) is 0. The first kappa shape index (κ1) is 14.6. The van der Waals surface area contributed by atoms with Crippen molar-refractivity contribution in [3.63, 3.8) is 0 Å². The van der Waals surface area contributed by atoms with Crippen LogP contribution in [0.25, 0.3) is 0 Å². The molecule has 0 aromatic heterocycles. The number of benzene rings is 1. The van der Waals surface area contributed by atoms with Gasteiger partial charge in [0.05, 0.1) is 16.5 Å². The molecule has 0 heterocycles. The van der Waals surface area contributed by atoms with Crippen LogP contribution in [0.15, 0.2) is 29.2 Å². The average molecular weight is 267 g/mol. The Bertz CT molecular complexity index is 515. The highest BCUT2D eigenvalue weighted by molar-refractivity contribution is 7.89. The van der Waals surface area contributed by atoms with Gasteiger partial charge in [0, 0.05) is 19.1 Å². The third-order valence-electron chi connectivity index (χ3n) is 2.26. The van der Waals surface area contributed by atoms with Gasteiger partial charge in [0.1, 0.15) is 0 Å². The number of nitrogens with one attached hydrogen (secondary N) is 2. The fraction of sp³-hybridized carbons (Fsp3) is 0.417. The molecule has 1 aromatic carbocycles. The second kappa shape index (κ2) is 6.50. The molecule has 0 saturated heterocycles. The molecular weight excluding hydrogens is 250 g/mol. The van der Waals surface area contributed by atoms with Gasteiger partial charge in [-0.1, -0.05) is 13.8 Å². The predicted octanol–water partition coefficient (Wildman–Crippen LogP) is 0.835. The highest BCUT2D eigenvalue weighted by Gasteiger charge is 2.12. The van der Waals surface area contributed by atoms with Crippen molar-refractivity contribution in [2.45, 2.75) is 24.8 Å². The molecule has 2 N–H and O–H groups in total. The zero-order valence-electron chi connectivity index (χ0n) is 10.5. The van der Waals surface area contributed by atoms with Gasteiger partial charge in [-0.3, -0.25) is 0 Å². The lowest BCUT2D eigenvalue weighted by Gasteiger charge is -2.09. The topological polar surface area (TPSA) is 82.0 Å². The van der Waals surface area contributed by atoms with Crippen molar-refractivity contribution in [1.82, 2.24) is 10.0 Å². The summed E-state index contributed by atoms with van der Waals surface area (Å²) >= 11 is 0. The number of hydrogen-bond acceptors (Lipinski definition) is 4. The second-order valence-electron chi connectivity index (χ2n) is 4.14. The van der Waals surface area contributed by atoms with E-state index in [2.05, 4.69) is 10.0 Å². The molecule has 0 fully saturated rings. The van der Waals surface area contributed by atoms with Gasteiger partial charge in [-0.15, -0.1) is 0 Å². The molecule has 0 spiro atoms. The molecule has 6 heteroatoms. The Balaban J connectivity index is 2.60. The summed E-state index contributed by atoms with van der Waals surface area (Å²) in [4.78, 5) is 0.172. The lowest BCUT2D eigenvalue weighted by molar-refractivity contribution is 0.559. The summed E-state index contributed by atoms with van der Waals surface area (Å²) < 4.78 is 26.2. The quantitative estimate of drug-likeness (QED) is 0.748. The standard InChI is InChI=1S/C12H17N3O2S/c1-10(2)14-7-8-15-18(16,17)12-5-3-11(9-13)4-6-12/h3-6,10,14-15H,7-8H2,1-2H3. The summed E-state index contributed by atoms with van der Waals surface area (Å²) in [5.41, 5.74) is 0.440. The highest BCUT2D eigenvalue weighted by atomic mass is 32.2. The monoisotopic (exact) mass is 267 g/mol. The Kier molecular flexibility index (Phi) is 5.28. The summed E-state index contributed by atoms with van der Waals surface area (Å²) in [7, 11) is -3.48. The molecule has 0 aliphatic carbocycles. The van der Waals surface area contributed by atoms with Crippen LogP contribution in [0.2, 0.25) is 0 Å². The molecule has 0 aliphatic rings. The molecule has 0 saturated carbocycles. The maximum absolute atomic E-state index is 11.9. The van der Waals surface area contributed by atoms with Gasteiger partial charge in [0.15, 0.2) is 0 Å². The molecule has 0 atom stereocenters. The van der Waals surface area contributed by atoms with E-state index in [4.69, 9.17) is 5.26 Å². The molecule has 1 rings (SSSR count). The number of nitrogens with zero attached hydrogens (tertiary/aromatic N) is 1. The number of rotatable bonds is 6. The second-order valence-corrected chi connectivity index (χ2v) is 5.91. The minimum Gasteiger partial charge on any atom is -0.313 e. The van der Waals surface area contributed by atoms with Crippen molar-refractivity contribution in [1.29, 1.82) is 5.26 Å². The predicted molar refractivity (Wildman–Crippen MR) is 69.5 cm³/mol. The first-order valence-electron chi connectivity index (χ1n) is 5.69. The van der Waals surface area contributed by atoms with Crippen LogP contribution < -0.4 is 10.0 Å². The SMILES string of the molecule is CC(C)NCCNS(=O)(=O)c1ccc(C#N)cc1. The Morgan fingerprint density at radius 2 is 1.83 bits per heavy atom. The van der Waals surface area contributed by atoms with Crippen LogP contribution >= 0.6 is 0 Å². The third-order valence-corrected chi connectivity index (χ3v) is 3.74. The van der Waals surface area contributed by atoms with Gasteiger partial charge in [0.25, 0.3) is 0 Å². The molecule has 0 amide bonds. The summed E-state index contributed by atoms with van der Waals surface area (Å²) in [6.45, 7) is 4.90. The highest BCUT2D eigenvalue weighted by Crippen LogP contribution is 2.09. The van der Waals surface area contributed by atoms with Gasteiger partial charge >= 0.3 is 0 Å². The minimum atomic E-state index is -3.48. The largest absolute Gasteiger partial charge is 0.313 e. The average Bonchev–Trinajstić information content (AvgIpc) is 2.34. The van der Waals surface area contributed by atoms with E-state index < -0.39 is 10.0 Å². The van der Waals surface area contributed by atoms with Crippen molar-refractivity contribution < 1.29 is 8.42 Å². The van der Waals surface area contributed by atoms with Crippen LogP contribution in [0.5, 0.6) is 0 Å². The van der Waals surface area contributed by atoms with Crippen LogP contribution in [-0.2, 0) is 10.0 Å². The van der Waals surface area contributed by atoms with E-state index in [1.54, 1.807) is 0 Å². The van der Waals surface area contributed by atoms with Gasteiger partial charge in [0.2, 0.25) is 10.0 Å². The Morgan fingerprint density at radius 1 is 1.22 bits per heavy atom. The zero-order valence-corrected chi connectivity index (χ0v) is 11.3. The molecule has 0 aliphatic heterocycles. The minimum absolute atomic E-state index is 0.172. The first-order valence-corrected chi connectivity index (χ1v) is 7.17. The Labute approximate surface area is 108 Å². The molecule has 1 aromatic rings. The maximum Gasteiger partial charge on any atom is 0.240 e. The summed E-state index contributed by atoms with van der Waals surface area (Å²) in [6.07, 6.45) is 0. The molecule has 98 valence electrons. The fourth-order valence-electron chi connectivity index (χ4n) is 1.34. The number of nitriles is 1. The molecule has 0 unspecified atom stereocenters. The van der Waals surface area contributed by atoms with Crippen LogP contribution in [0.3, 0.4) is 0 Å². The van der Waals surface area contributed by atoms with Crippen LogP contribution in [-0.4, -0.2) is 27.5 Å². The van der Waals surface area contributed by atoms with Crippen molar-refractivity contribution in [3.8, 4) is 6.07 Å². The van der Waals surface area contributed by atoms with Crippen LogP contribution in [0.4, 0.5) is 0 Å².